The van der Waals surface area contributed by atoms with Crippen LogP contribution in [0.2, 0.25) is 0 Å². The van der Waals surface area contributed by atoms with E-state index in [4.69, 9.17) is 4.11 Å². The molecule has 0 aliphatic rings. The second-order valence-corrected chi connectivity index (χ2v) is 23.0. The van der Waals surface area contributed by atoms with Crippen molar-refractivity contribution in [2.75, 3.05) is 0 Å². The Balaban J connectivity index is 1.10. The average Bonchev–Trinajstić information content (AvgIpc) is 1.51. The quantitative estimate of drug-likeness (QED) is 0.0859. The molecule has 0 spiro atoms. The number of hydrogen-bond acceptors (Lipinski definition) is 0. The van der Waals surface area contributed by atoms with Gasteiger partial charge in [-0.15, -0.1) is 0 Å². The zero-order valence-corrected chi connectivity index (χ0v) is 41.4. The van der Waals surface area contributed by atoms with Crippen molar-refractivity contribution >= 4 is 127 Å². The van der Waals surface area contributed by atoms with E-state index in [9.17, 15) is 15.1 Å². The minimum Gasteiger partial charge on any atom is -0.309 e. The number of fused-ring (bicyclic) bond motifs is 16. The van der Waals surface area contributed by atoms with E-state index in [1.165, 1.54) is 4.57 Å². The fourth-order valence-electron chi connectivity index (χ4n) is 12.3. The molecule has 0 fully saturated rings. The molecule has 0 N–H and O–H groups in total. The van der Waals surface area contributed by atoms with E-state index in [0.717, 1.165) is 68.4 Å². The minimum absolute atomic E-state index is 0.0582. The summed E-state index contributed by atoms with van der Waals surface area (Å²) in [4.78, 5) is 0. The molecule has 0 saturated heterocycles. The Morgan fingerprint density at radius 1 is 0.250 bits per heavy atom. The van der Waals surface area contributed by atoms with E-state index < -0.39 is 92.3 Å². The summed E-state index contributed by atoms with van der Waals surface area (Å²) in [7, 11) is -3.31. The predicted molar refractivity (Wildman–Crippen MR) is 326 cm³/mol. The second-order valence-electron chi connectivity index (χ2n) is 19.2. The summed E-state index contributed by atoms with van der Waals surface area (Å²) < 4.78 is 140. The van der Waals surface area contributed by atoms with Crippen molar-refractivity contribution in [2.24, 2.45) is 0 Å². The molecular formula is C72H47N3Si. The van der Waals surface area contributed by atoms with Crippen LogP contribution in [0.5, 0.6) is 0 Å². The number of aromatic nitrogens is 3. The monoisotopic (exact) mass is 995 g/mol. The highest BCUT2D eigenvalue weighted by Gasteiger charge is 2.42. The Bertz CT molecular complexity index is 5700. The topological polar surface area (TPSA) is 14.8 Å². The van der Waals surface area contributed by atoms with Gasteiger partial charge in [0.1, 0.15) is 0 Å². The molecule has 16 rings (SSSR count). The molecule has 0 atom stereocenters. The summed E-state index contributed by atoms with van der Waals surface area (Å²) in [6.07, 6.45) is 0. The van der Waals surface area contributed by atoms with Gasteiger partial charge in [-0.05, 0) is 114 Å². The molecule has 16 aromatic rings. The Hall–Kier alpha value is -9.74. The normalized spacial score (nSPS) is 14.8. The zero-order valence-electron chi connectivity index (χ0n) is 54.4. The van der Waals surface area contributed by atoms with Crippen LogP contribution in [0.15, 0.2) is 285 Å². The number of nitrogens with zero attached hydrogens (tertiary/aromatic N) is 3. The smallest absolute Gasteiger partial charge is 0.179 e. The maximum absolute atomic E-state index is 10.8. The number of benzene rings is 13. The third-order valence-electron chi connectivity index (χ3n) is 15.4. The molecule has 0 aliphatic carbocycles. The molecule has 3 aromatic heterocycles. The summed E-state index contributed by atoms with van der Waals surface area (Å²) >= 11 is 0. The first kappa shape index (κ1) is 31.1. The first-order valence-electron chi connectivity index (χ1n) is 32.2. The molecule has 354 valence electrons. The van der Waals surface area contributed by atoms with Gasteiger partial charge in [-0.2, -0.15) is 0 Å². The average molecular weight is 996 g/mol. The molecule has 76 heavy (non-hydrogen) atoms. The van der Waals surface area contributed by atoms with Crippen LogP contribution in [-0.2, 0) is 0 Å². The molecule has 3 heterocycles. The highest BCUT2D eigenvalue weighted by atomic mass is 28.3. The van der Waals surface area contributed by atoms with Gasteiger partial charge in [0.2, 0.25) is 0 Å². The van der Waals surface area contributed by atoms with Crippen LogP contribution in [-0.4, -0.2) is 21.8 Å². The standard InChI is InChI=1S/C72H47N3Si/c1-5-21-48(22-6-1)73-65-35-19-17-32-58(65)60-40-37-50(46-69(60)73)74-66-36-20-18-33-59(66)64-45-49(38-43-67(64)74)75-68-44-42-62-57-31-14-13-29-55(57)56-30-15-16-34-61(56)71(62)72(68)63-41-39-54(47-70(63)75)76(51-23-7-2-8-24-51,52-25-9-3-10-26-52)53-27-11-4-12-28-53/h1-47H/i17D,18D,19D,20D,32D,33D,35D,36D,37D,38D,40D,43D,45D,46D. The SMILES string of the molecule is [2H]c1c([2H])c([2H])c2c(c1[2H])c1c([2H])c([2H])c(-n3c4c([2H])c([2H])c([2H])c([2H])c4c4c([2H])c(-n5c6cc([Si](c7ccccc7)(c7ccccc7)c7ccccc7)ccc6c6c7c8ccccc8c8ccccc8c7ccc65)c([2H])c([2H])c43)c([2H])c1n2-c1ccccc1. The highest BCUT2D eigenvalue weighted by Crippen LogP contribution is 2.45. The molecule has 4 heteroatoms. The molecular weight excluding hydrogens is 935 g/mol. The Morgan fingerprint density at radius 3 is 1.33 bits per heavy atom. The maximum Gasteiger partial charge on any atom is 0.179 e. The number of hydrogen-bond donors (Lipinski definition) is 0. The molecule has 0 bridgehead atoms. The van der Waals surface area contributed by atoms with Crippen LogP contribution in [0.25, 0.3) is 115 Å². The minimum atomic E-state index is -3.31. The van der Waals surface area contributed by atoms with E-state index >= 15 is 0 Å². The van der Waals surface area contributed by atoms with Crippen LogP contribution in [0.3, 0.4) is 0 Å². The van der Waals surface area contributed by atoms with Gasteiger partial charge in [0.05, 0.1) is 52.3 Å². The lowest BCUT2D eigenvalue weighted by molar-refractivity contribution is 1.15. The van der Waals surface area contributed by atoms with Gasteiger partial charge in [0.15, 0.2) is 8.07 Å². The summed E-state index contributed by atoms with van der Waals surface area (Å²) in [6, 6.07) is 59.3. The van der Waals surface area contributed by atoms with Gasteiger partial charge in [-0.25, -0.2) is 0 Å². The van der Waals surface area contributed by atoms with Gasteiger partial charge in [-0.1, -0.05) is 218 Å². The van der Waals surface area contributed by atoms with Crippen molar-refractivity contribution in [3.63, 3.8) is 0 Å². The molecule has 0 radical (unpaired) electrons. The van der Waals surface area contributed by atoms with Crippen molar-refractivity contribution in [3.8, 4) is 17.1 Å². The molecule has 13 aromatic carbocycles. The largest absolute Gasteiger partial charge is 0.309 e. The van der Waals surface area contributed by atoms with Crippen molar-refractivity contribution < 1.29 is 19.2 Å². The Morgan fingerprint density at radius 2 is 0.697 bits per heavy atom. The fraction of sp³-hybridized carbons (Fsp3) is 0. The van der Waals surface area contributed by atoms with Crippen LogP contribution in [0, 0.1) is 0 Å². The van der Waals surface area contributed by atoms with Gasteiger partial charge in [0.25, 0.3) is 0 Å². The van der Waals surface area contributed by atoms with Gasteiger partial charge >= 0.3 is 0 Å². The number of rotatable bonds is 7. The Kier molecular flexibility index (Phi) is 6.81. The van der Waals surface area contributed by atoms with E-state index in [2.05, 4.69) is 121 Å². The summed E-state index contributed by atoms with van der Waals surface area (Å²) in [6.45, 7) is 0. The summed E-state index contributed by atoms with van der Waals surface area (Å²) in [5.41, 5.74) is 0.320. The van der Waals surface area contributed by atoms with Crippen LogP contribution in [0.4, 0.5) is 0 Å². The van der Waals surface area contributed by atoms with Gasteiger partial charge < -0.3 is 13.7 Å². The number of para-hydroxylation sites is 3. The lowest BCUT2D eigenvalue weighted by Crippen LogP contribution is -2.74. The van der Waals surface area contributed by atoms with E-state index in [0.29, 0.717) is 16.7 Å². The third-order valence-corrected chi connectivity index (χ3v) is 20.2. The van der Waals surface area contributed by atoms with Gasteiger partial charge in [0, 0.05) is 54.8 Å². The highest BCUT2D eigenvalue weighted by molar-refractivity contribution is 7.20. The molecule has 0 unspecified atom stereocenters. The van der Waals surface area contributed by atoms with E-state index in [-0.39, 0.29) is 55.3 Å². The summed E-state index contributed by atoms with van der Waals surface area (Å²) in [5.74, 6) is 0. The van der Waals surface area contributed by atoms with Crippen molar-refractivity contribution in [3.05, 3.63) is 285 Å². The zero-order chi connectivity index (χ0) is 62.1. The second kappa shape index (κ2) is 16.6. The predicted octanol–water partition coefficient (Wildman–Crippen LogP) is 15.8. The molecule has 0 amide bonds. The maximum atomic E-state index is 10.8. The first-order valence-corrected chi connectivity index (χ1v) is 27.2. The van der Waals surface area contributed by atoms with Crippen molar-refractivity contribution in [1.29, 1.82) is 0 Å². The molecule has 0 saturated carbocycles. The van der Waals surface area contributed by atoms with Crippen LogP contribution < -0.4 is 20.7 Å². The third kappa shape index (κ3) is 6.04. The Labute approximate surface area is 459 Å². The van der Waals surface area contributed by atoms with Crippen LogP contribution in [0.1, 0.15) is 19.2 Å². The van der Waals surface area contributed by atoms with E-state index in [1.807, 2.05) is 53.1 Å². The first-order chi connectivity index (χ1) is 43.6. The van der Waals surface area contributed by atoms with E-state index in [1.54, 1.807) is 30.3 Å². The van der Waals surface area contributed by atoms with Crippen LogP contribution >= 0.6 is 0 Å². The summed E-state index contributed by atoms with van der Waals surface area (Å²) in [5, 5.41) is 11.3. The van der Waals surface area contributed by atoms with Crippen molar-refractivity contribution in [1.82, 2.24) is 13.7 Å². The molecule has 3 nitrogen and oxygen atoms in total. The lowest BCUT2D eigenvalue weighted by atomic mass is 9.92. The fourth-order valence-corrected chi connectivity index (χ4v) is 17.1. The molecule has 0 aliphatic heterocycles. The van der Waals surface area contributed by atoms with Crippen molar-refractivity contribution in [2.45, 2.75) is 0 Å². The lowest BCUT2D eigenvalue weighted by Gasteiger charge is -2.34. The van der Waals surface area contributed by atoms with Gasteiger partial charge in [-0.3, -0.25) is 0 Å².